The molecule has 776 valence electrons. The van der Waals surface area contributed by atoms with Gasteiger partial charge in [-0.1, -0.05) is 170 Å². The van der Waals surface area contributed by atoms with Gasteiger partial charge in [-0.15, -0.1) is 0 Å². The number of benzene rings is 9. The van der Waals surface area contributed by atoms with Crippen LogP contribution in [0.15, 0.2) is 200 Å². The van der Waals surface area contributed by atoms with Gasteiger partial charge in [0, 0.05) is 69.2 Å². The van der Waals surface area contributed by atoms with Gasteiger partial charge in [0.15, 0.2) is 0 Å². The number of nitrogens with one attached hydrogen (secondary N) is 9. The van der Waals surface area contributed by atoms with E-state index in [2.05, 4.69) is 69.7 Å². The summed E-state index contributed by atoms with van der Waals surface area (Å²) >= 11 is 0. The van der Waals surface area contributed by atoms with Crippen molar-refractivity contribution in [2.24, 2.45) is 5.92 Å². The third kappa shape index (κ3) is 37.3. The van der Waals surface area contributed by atoms with E-state index in [1.54, 1.807) is 89.5 Å². The summed E-state index contributed by atoms with van der Waals surface area (Å²) in [4.78, 5) is 88.2. The zero-order chi connectivity index (χ0) is 103. The zero-order valence-electron chi connectivity index (χ0n) is 85.3. The van der Waals surface area contributed by atoms with E-state index in [4.69, 9.17) is 37.9 Å². The molecule has 29 heteroatoms. The average molecular weight is 1990 g/mol. The molecule has 0 saturated heterocycles. The van der Waals surface area contributed by atoms with Gasteiger partial charge in [0.2, 0.25) is 0 Å². The van der Waals surface area contributed by atoms with Crippen molar-refractivity contribution in [3.05, 3.63) is 284 Å². The molecule has 10 N–H and O–H groups in total. The van der Waals surface area contributed by atoms with Gasteiger partial charge in [-0.05, 0) is 259 Å². The Morgan fingerprint density at radius 2 is 0.634 bits per heavy atom. The lowest BCUT2D eigenvalue weighted by atomic mass is 9.85. The first-order valence-corrected chi connectivity index (χ1v) is 51.6. The molecule has 0 radical (unpaired) electrons. The first-order valence-electron chi connectivity index (χ1n) is 51.6. The summed E-state index contributed by atoms with van der Waals surface area (Å²) < 4.78 is 72.2. The number of esters is 6. The number of ether oxygens (including phenoxy) is 9. The first-order chi connectivity index (χ1) is 70.6. The van der Waals surface area contributed by atoms with Crippen molar-refractivity contribution in [3.8, 4) is 11.5 Å². The fourth-order valence-corrected chi connectivity index (χ4v) is 18.3. The van der Waals surface area contributed by atoms with Crippen molar-refractivity contribution in [2.45, 2.75) is 265 Å². The number of methoxy groups -OCH3 is 3. The molecule has 5 saturated carbocycles. The third-order valence-electron chi connectivity index (χ3n) is 26.0. The van der Waals surface area contributed by atoms with Crippen LogP contribution in [0.25, 0.3) is 0 Å². The van der Waals surface area contributed by atoms with Gasteiger partial charge >= 0.3 is 42.0 Å². The number of rotatable bonds is 39. The molecule has 10 aromatic rings. The number of carbonyl (C=O) groups is 7. The van der Waals surface area contributed by atoms with E-state index in [0.29, 0.717) is 145 Å². The number of aliphatic hydroxyl groups excluding tert-OH is 1. The number of anilines is 9. The quantitative estimate of drug-likeness (QED) is 0.00972. The smallest absolute Gasteiger partial charge is 0.497 e. The number of hydrogen-bond acceptors (Lipinski definition) is 27. The molecule has 15 rings (SSSR count). The van der Waals surface area contributed by atoms with Crippen LogP contribution in [0, 0.1) is 17.6 Å². The Morgan fingerprint density at radius 1 is 0.310 bits per heavy atom. The highest BCUT2D eigenvalue weighted by molar-refractivity contribution is 5.95. The molecule has 0 amide bonds. The zero-order valence-corrected chi connectivity index (χ0v) is 85.3. The van der Waals surface area contributed by atoms with Gasteiger partial charge in [-0.2, -0.15) is 0 Å². The van der Waals surface area contributed by atoms with Crippen molar-refractivity contribution >= 4 is 93.2 Å². The van der Waals surface area contributed by atoms with Gasteiger partial charge in [0.05, 0.1) is 151 Å². The maximum atomic E-state index is 13.5. The van der Waals surface area contributed by atoms with E-state index >= 15 is 0 Å². The van der Waals surface area contributed by atoms with Gasteiger partial charge in [0.1, 0.15) is 23.1 Å². The molecule has 5 aliphatic rings. The molecule has 27 nitrogen and oxygen atoms in total. The first kappa shape index (κ1) is 111. The Bertz CT molecular complexity index is 5690. The van der Waals surface area contributed by atoms with Crippen molar-refractivity contribution in [1.82, 2.24) is 4.98 Å². The highest BCUT2D eigenvalue weighted by Crippen LogP contribution is 2.37. The maximum absolute atomic E-state index is 13.5. The van der Waals surface area contributed by atoms with Crippen LogP contribution in [0.5, 0.6) is 11.5 Å². The highest BCUT2D eigenvalue weighted by atomic mass is 19.1. The number of aromatic nitrogens is 1. The second-order valence-electron chi connectivity index (χ2n) is 36.8. The molecule has 0 atom stereocenters. The van der Waals surface area contributed by atoms with Gasteiger partial charge in [-0.3, -0.25) is 4.98 Å². The van der Waals surface area contributed by atoms with Crippen molar-refractivity contribution in [2.75, 3.05) is 102 Å². The Kier molecular flexibility index (Phi) is 46.6. The van der Waals surface area contributed by atoms with E-state index in [1.165, 1.54) is 141 Å². The minimum Gasteiger partial charge on any atom is -0.497 e. The van der Waals surface area contributed by atoms with Crippen LogP contribution in [0.2, 0.25) is 0 Å². The second kappa shape index (κ2) is 60.6. The number of hydrogen-bond donors (Lipinski definition) is 10. The van der Waals surface area contributed by atoms with E-state index in [1.807, 2.05) is 122 Å². The molecule has 0 spiro atoms. The summed E-state index contributed by atoms with van der Waals surface area (Å²) in [5.41, 5.74) is 17.6. The number of carbonyl (C=O) groups excluding carboxylic acids is 7. The van der Waals surface area contributed by atoms with Gasteiger partial charge in [-0.25, -0.2) is 42.3 Å². The SMILES string of the molecule is CCOC(=O)c1ccc(NC2CCCCC2)c(NCc2cc(CO)cc(OC)c2)c1.CCOC(=O)c1ccc(NC2CCCCC2)c(NCc2cc(F)cc(F)c2)c1.CCOC(=O)c1ccc(NC2CCCCC2)c(NCc2ccc(C(=O)OC)cc2)c1.CCOC(=O)c1ccc(NC2CCCCC2)c(NCc2ccc(OC(=O)OC)cc2)c1.CCOC(=O)c1cnc(CC2CCCCC2)c(NCc2ccccc2)c1. The summed E-state index contributed by atoms with van der Waals surface area (Å²) in [5.74, 6) is -1.45. The van der Waals surface area contributed by atoms with E-state index in [9.17, 15) is 47.4 Å². The molecular formula is C116H146F2N10O17. The minimum atomic E-state index is -0.750. The monoisotopic (exact) mass is 1990 g/mol. The number of halogens is 2. The number of aliphatic hydroxyl groups is 1. The summed E-state index contributed by atoms with van der Waals surface area (Å²) in [6.45, 7) is 13.2. The Morgan fingerprint density at radius 3 is 0.993 bits per heavy atom. The van der Waals surface area contributed by atoms with Crippen molar-refractivity contribution in [1.29, 1.82) is 0 Å². The molecule has 5 fully saturated rings. The Labute approximate surface area is 852 Å². The molecular weight excluding hydrogens is 1840 g/mol. The standard InChI is InChI=1S/C24H30N2O5.C24H30N2O4.C24H32N2O4.C22H26F2N2O2.C22H28N2O2/c1-3-30-23(27)18-11-14-21(26-19-7-5-4-6-8-19)22(15-18)25-16-17-9-12-20(13-10-17)31-24(28)29-2;1-3-30-24(28)19-13-14-21(26-20-7-5-4-6-8-20)22(15-19)25-16-17-9-11-18(12-10-17)23(27)29-2;1-3-30-24(28)19-9-10-22(26-20-7-5-4-6-8-20)23(14-19)25-15-17-11-18(16-27)13-21(12-17)29-2;1-2-28-22(27)16-8-9-20(26-19-6-4-3-5-7-19)21(12-16)25-14-15-10-17(23)13-18(24)11-15;1-2-26-22(25)19-14-21(23-15-18-11-7-4-8-12-18)20(24-16-19)13-17-9-5-3-6-10-17/h9-15,19,25-26H,3-8,16H2,1-2H3;9-15,20,25-26H,3-8,16H2,1-2H3;9-14,20,25-27H,3-8,15-16H2,1-2H3;8-13,19,25-26H,2-7,14H2,1H3;4,7-8,11-12,14,16-17,23H,2-3,5-6,9-10,13,15H2,1H3. The predicted octanol–water partition coefficient (Wildman–Crippen LogP) is 25.6. The molecule has 0 unspecified atom stereocenters. The van der Waals surface area contributed by atoms with Crippen LogP contribution in [-0.4, -0.2) is 131 Å². The molecule has 9 aromatic carbocycles. The third-order valence-corrected chi connectivity index (χ3v) is 26.0. The normalized spacial score (nSPS) is 14.3. The summed E-state index contributed by atoms with van der Waals surface area (Å²) in [5, 5.41) is 41.0. The number of nitrogens with zero attached hydrogens (tertiary/aromatic N) is 1. The Balaban J connectivity index is 0.000000173. The molecule has 145 heavy (non-hydrogen) atoms. The lowest BCUT2D eigenvalue weighted by Gasteiger charge is -2.25. The largest absolute Gasteiger partial charge is 0.513 e. The van der Waals surface area contributed by atoms with Crippen molar-refractivity contribution < 1.29 is 90.1 Å². The van der Waals surface area contributed by atoms with Crippen LogP contribution in [0.4, 0.5) is 64.8 Å². The molecule has 1 heterocycles. The van der Waals surface area contributed by atoms with Crippen LogP contribution < -0.4 is 57.3 Å². The highest BCUT2D eigenvalue weighted by Gasteiger charge is 2.26. The Hall–Kier alpha value is -14.0. The summed E-state index contributed by atoms with van der Waals surface area (Å²) in [7, 11) is 4.25. The molecule has 1 aromatic heterocycles. The van der Waals surface area contributed by atoms with E-state index < -0.39 is 23.8 Å². The van der Waals surface area contributed by atoms with Crippen LogP contribution in [-0.2, 0) is 78.9 Å². The lowest BCUT2D eigenvalue weighted by molar-refractivity contribution is 0.0516. The summed E-state index contributed by atoms with van der Waals surface area (Å²) in [6, 6.07) is 59.6. The molecule has 0 bridgehead atoms. The lowest BCUT2D eigenvalue weighted by Crippen LogP contribution is -2.23. The minimum absolute atomic E-state index is 0.0446. The predicted molar refractivity (Wildman–Crippen MR) is 568 cm³/mol. The van der Waals surface area contributed by atoms with Gasteiger partial charge in [0.25, 0.3) is 0 Å². The average Bonchev–Trinajstić information content (AvgIpc) is 0.842. The van der Waals surface area contributed by atoms with Crippen molar-refractivity contribution in [3.63, 3.8) is 0 Å². The van der Waals surface area contributed by atoms with Crippen LogP contribution in [0.3, 0.4) is 0 Å². The second-order valence-corrected chi connectivity index (χ2v) is 36.8. The van der Waals surface area contributed by atoms with E-state index in [0.717, 1.165) is 137 Å². The summed E-state index contributed by atoms with van der Waals surface area (Å²) in [6.07, 6.45) is 32.6. The molecule has 5 aliphatic carbocycles. The topological polar surface area (TPSA) is 344 Å². The van der Waals surface area contributed by atoms with Crippen LogP contribution in [0.1, 0.15) is 296 Å². The molecule has 0 aliphatic heterocycles. The fraction of sp³-hybridized carbons (Fsp3) is 0.431. The van der Waals surface area contributed by atoms with Crippen LogP contribution >= 0.6 is 0 Å². The fourth-order valence-electron chi connectivity index (χ4n) is 18.3. The maximum Gasteiger partial charge on any atom is 0.513 e. The van der Waals surface area contributed by atoms with E-state index in [-0.39, 0.29) is 43.0 Å². The van der Waals surface area contributed by atoms with Gasteiger partial charge < -0.3 is 95.6 Å². The number of pyridine rings is 1.